The molecule has 3 saturated carbocycles. The molecule has 3 fully saturated rings. The molecule has 0 aromatic heterocycles. The summed E-state index contributed by atoms with van der Waals surface area (Å²) in [6.07, 6.45) is -3.71. The minimum Gasteiger partial charge on any atom is -0.393 e. The highest BCUT2D eigenvalue weighted by Gasteiger charge is 2.69. The molecule has 43 heavy (non-hydrogen) atoms. The minimum absolute atomic E-state index is 0.0267. The summed E-state index contributed by atoms with van der Waals surface area (Å²) in [4.78, 5) is 0. The maximum Gasteiger partial charge on any atom is 0.429 e. The van der Waals surface area contributed by atoms with Crippen molar-refractivity contribution in [2.45, 2.75) is 134 Å². The van der Waals surface area contributed by atoms with Gasteiger partial charge >= 0.3 is 12.4 Å². The van der Waals surface area contributed by atoms with Gasteiger partial charge in [0.2, 0.25) is 0 Å². The van der Waals surface area contributed by atoms with Crippen LogP contribution in [0, 0.1) is 22.7 Å². The van der Waals surface area contributed by atoms with E-state index in [9.17, 15) is 46.1 Å². The van der Waals surface area contributed by atoms with Crippen molar-refractivity contribution in [3.8, 4) is 0 Å². The molecule has 0 aliphatic heterocycles. The largest absolute Gasteiger partial charge is 0.429 e. The van der Waals surface area contributed by atoms with Crippen LogP contribution in [-0.4, -0.2) is 51.1 Å². The van der Waals surface area contributed by atoms with E-state index in [-0.39, 0.29) is 36.2 Å². The van der Waals surface area contributed by atoms with E-state index in [0.29, 0.717) is 36.8 Å². The lowest BCUT2D eigenvalue weighted by molar-refractivity contribution is -0.347. The average Bonchev–Trinajstić information content (AvgIpc) is 3.21. The van der Waals surface area contributed by atoms with Crippen LogP contribution in [0.3, 0.4) is 0 Å². The van der Waals surface area contributed by atoms with Crippen LogP contribution in [-0.2, 0) is 0 Å². The number of hydrogen-bond acceptors (Lipinski definition) is 3. The Bertz CT molecular complexity index is 1080. The number of halogens is 7. The van der Waals surface area contributed by atoms with Gasteiger partial charge in [-0.1, -0.05) is 50.6 Å². The van der Waals surface area contributed by atoms with Crippen LogP contribution in [0.4, 0.5) is 30.7 Å². The van der Waals surface area contributed by atoms with E-state index in [4.69, 9.17) is 0 Å². The minimum atomic E-state index is -5.93. The quantitative estimate of drug-likeness (QED) is 0.177. The molecule has 3 rings (SSSR count). The topological polar surface area (TPSA) is 60.7 Å². The van der Waals surface area contributed by atoms with E-state index in [0.717, 1.165) is 38.2 Å². The molecular weight excluding hydrogens is 577 g/mol. The van der Waals surface area contributed by atoms with Gasteiger partial charge < -0.3 is 15.3 Å². The van der Waals surface area contributed by atoms with Crippen molar-refractivity contribution in [2.24, 2.45) is 22.7 Å². The van der Waals surface area contributed by atoms with E-state index in [1.807, 2.05) is 19.1 Å². The molecule has 3 N–H and O–H groups in total. The summed E-state index contributed by atoms with van der Waals surface area (Å²) in [5.74, 6) is 0.0882. The number of aliphatic hydroxyl groups is 3. The van der Waals surface area contributed by atoms with Gasteiger partial charge in [0.05, 0.1) is 11.7 Å². The number of fused-ring (bicyclic) bond motifs is 1. The summed E-state index contributed by atoms with van der Waals surface area (Å²) < 4.78 is 94.4. The Kier molecular flexibility index (Phi) is 10.5. The second kappa shape index (κ2) is 12.6. The van der Waals surface area contributed by atoms with Gasteiger partial charge in [-0.25, -0.2) is 4.39 Å². The van der Waals surface area contributed by atoms with Crippen molar-refractivity contribution in [3.05, 3.63) is 47.6 Å². The molecule has 6 atom stereocenters. The van der Waals surface area contributed by atoms with Crippen molar-refractivity contribution < 1.29 is 46.1 Å². The van der Waals surface area contributed by atoms with Crippen LogP contribution in [0.5, 0.6) is 0 Å². The Labute approximate surface area is 250 Å². The van der Waals surface area contributed by atoms with Gasteiger partial charge in [0.25, 0.3) is 5.60 Å². The zero-order valence-electron chi connectivity index (χ0n) is 25.6. The summed E-state index contributed by atoms with van der Waals surface area (Å²) in [7, 11) is 0. The summed E-state index contributed by atoms with van der Waals surface area (Å²) in [5, 5.41) is 30.0. The first-order chi connectivity index (χ1) is 19.5. The third-order valence-electron chi connectivity index (χ3n) is 10.4. The van der Waals surface area contributed by atoms with Gasteiger partial charge in [0.1, 0.15) is 6.17 Å². The fourth-order valence-corrected chi connectivity index (χ4v) is 8.01. The smallest absolute Gasteiger partial charge is 0.393 e. The molecule has 2 unspecified atom stereocenters. The second-order valence-electron chi connectivity index (χ2n) is 14.3. The number of hydrogen-bond donors (Lipinski definition) is 3. The van der Waals surface area contributed by atoms with Crippen molar-refractivity contribution in [2.75, 3.05) is 0 Å². The number of aliphatic hydroxyl groups excluding tert-OH is 1. The van der Waals surface area contributed by atoms with Crippen LogP contribution in [0.1, 0.15) is 98.3 Å². The maximum absolute atomic E-state index is 14.3. The first kappa shape index (κ1) is 35.8. The summed E-state index contributed by atoms with van der Waals surface area (Å²) >= 11 is 0. The van der Waals surface area contributed by atoms with Crippen LogP contribution >= 0.6 is 0 Å². The van der Waals surface area contributed by atoms with Crippen molar-refractivity contribution in [3.63, 3.8) is 0 Å². The highest BCUT2D eigenvalue weighted by molar-refractivity contribution is 5.39. The zero-order chi connectivity index (χ0) is 32.6. The highest BCUT2D eigenvalue weighted by atomic mass is 19.4. The van der Waals surface area contributed by atoms with Gasteiger partial charge in [-0.05, 0) is 112 Å². The molecule has 0 radical (unpaired) electrons. The number of allylic oxidation sites excluding steroid dienone is 5. The normalized spacial score (nSPS) is 32.9. The molecule has 0 heterocycles. The molecule has 3 nitrogen and oxygen atoms in total. The SMILES string of the molecule is C=C1/C(=C\C=C2/CCC[C@@]3(C)C2CCC3[C@@](C)(C/C=C\C(O)(C(F)(F)F)C(F)(F)F)CCCC(C)(C)O)C[C@@H](O)C[C@@H]1F. The average molecular weight is 625 g/mol. The van der Waals surface area contributed by atoms with Gasteiger partial charge in [0.15, 0.2) is 0 Å². The third-order valence-corrected chi connectivity index (χ3v) is 10.4. The monoisotopic (exact) mass is 624 g/mol. The fourth-order valence-electron chi connectivity index (χ4n) is 8.01. The molecule has 0 saturated heterocycles. The molecule has 0 aromatic carbocycles. The zero-order valence-corrected chi connectivity index (χ0v) is 25.6. The molecule has 0 amide bonds. The van der Waals surface area contributed by atoms with Gasteiger partial charge in [-0.15, -0.1) is 0 Å². The number of rotatable bonds is 9. The summed E-state index contributed by atoms with van der Waals surface area (Å²) in [6, 6.07) is 0. The van der Waals surface area contributed by atoms with Crippen LogP contribution in [0.25, 0.3) is 0 Å². The van der Waals surface area contributed by atoms with Crippen molar-refractivity contribution in [1.82, 2.24) is 0 Å². The Morgan fingerprint density at radius 3 is 2.19 bits per heavy atom. The molecule has 0 aromatic rings. The van der Waals surface area contributed by atoms with Gasteiger partial charge in [-0.2, -0.15) is 26.3 Å². The van der Waals surface area contributed by atoms with E-state index in [1.54, 1.807) is 13.8 Å². The van der Waals surface area contributed by atoms with E-state index in [1.165, 1.54) is 5.57 Å². The lowest BCUT2D eigenvalue weighted by atomic mass is 9.55. The molecule has 3 aliphatic rings. The molecule has 0 bridgehead atoms. The molecular formula is C33H47F7O3. The van der Waals surface area contributed by atoms with Crippen LogP contribution in [0.2, 0.25) is 0 Å². The van der Waals surface area contributed by atoms with Gasteiger partial charge in [0, 0.05) is 6.42 Å². The third kappa shape index (κ3) is 7.78. The van der Waals surface area contributed by atoms with Crippen molar-refractivity contribution >= 4 is 0 Å². The van der Waals surface area contributed by atoms with Gasteiger partial charge in [-0.3, -0.25) is 0 Å². The first-order valence-electron chi connectivity index (χ1n) is 15.2. The molecule has 0 spiro atoms. The second-order valence-corrected chi connectivity index (χ2v) is 14.3. The Morgan fingerprint density at radius 1 is 0.977 bits per heavy atom. The van der Waals surface area contributed by atoms with E-state index < -0.39 is 41.2 Å². The van der Waals surface area contributed by atoms with E-state index >= 15 is 0 Å². The van der Waals surface area contributed by atoms with Crippen LogP contribution < -0.4 is 0 Å². The Hall–Kier alpha value is -1.65. The molecule has 3 aliphatic carbocycles. The molecule has 10 heteroatoms. The van der Waals surface area contributed by atoms with E-state index in [2.05, 4.69) is 13.5 Å². The number of alkyl halides is 7. The summed E-state index contributed by atoms with van der Waals surface area (Å²) in [6.45, 7) is 11.2. The lowest BCUT2D eigenvalue weighted by Crippen LogP contribution is -2.55. The highest BCUT2D eigenvalue weighted by Crippen LogP contribution is 2.64. The predicted molar refractivity (Wildman–Crippen MR) is 153 cm³/mol. The van der Waals surface area contributed by atoms with Crippen LogP contribution in [0.15, 0.2) is 47.6 Å². The predicted octanol–water partition coefficient (Wildman–Crippen LogP) is 8.85. The summed E-state index contributed by atoms with van der Waals surface area (Å²) in [5.41, 5.74) is -4.69. The standard InChI is InChI=1S/C33H47F7O3/c1-21-23(19-24(41)20-26(21)34)11-10-22-9-6-17-30(5)25(22)12-13-27(30)29(4,15-7-14-28(2,3)42)16-8-18-31(43,32(35,36)37)33(38,39)40/h8,10-11,18,24-27,41-43H,1,6-7,9,12-17,19-20H2,2-5H3/b18-8-,22-10+,23-11-/t24-,25?,26+,27?,29-,30+/m1/s1. The lowest BCUT2D eigenvalue weighted by Gasteiger charge is -2.49. The Balaban J connectivity index is 1.93. The maximum atomic E-state index is 14.3. The Morgan fingerprint density at radius 2 is 1.60 bits per heavy atom. The first-order valence-corrected chi connectivity index (χ1v) is 15.2. The fraction of sp³-hybridized carbons (Fsp3) is 0.758. The van der Waals surface area contributed by atoms with Crippen molar-refractivity contribution in [1.29, 1.82) is 0 Å². The molecule has 246 valence electrons.